The van der Waals surface area contributed by atoms with Crippen LogP contribution in [-0.2, 0) is 12.8 Å². The number of likely N-dealkylation sites (N-methyl/N-ethyl adjacent to an activating group) is 1. The molecule has 0 radical (unpaired) electrons. The molecule has 0 bridgehead atoms. The molecule has 0 atom stereocenters. The van der Waals surface area contributed by atoms with E-state index in [2.05, 4.69) is 24.1 Å². The summed E-state index contributed by atoms with van der Waals surface area (Å²) in [7, 11) is 2.11. The summed E-state index contributed by atoms with van der Waals surface area (Å²) in [6.07, 6.45) is 3.55. The van der Waals surface area contributed by atoms with Crippen molar-refractivity contribution in [2.75, 3.05) is 33.2 Å². The zero-order valence-electron chi connectivity index (χ0n) is 11.0. The molecule has 1 aliphatic heterocycles. The Balaban J connectivity index is 1.76. The van der Waals surface area contributed by atoms with E-state index in [1.165, 1.54) is 24.0 Å². The number of benzene rings is 1. The predicted octanol–water partition coefficient (Wildman–Crippen LogP) is 1.56. The van der Waals surface area contributed by atoms with E-state index in [9.17, 15) is 4.79 Å². The topological polar surface area (TPSA) is 23.6 Å². The first-order chi connectivity index (χ1) is 8.74. The Labute approximate surface area is 108 Å². The summed E-state index contributed by atoms with van der Waals surface area (Å²) < 4.78 is 0. The molecule has 0 spiro atoms. The first-order valence-corrected chi connectivity index (χ1v) is 6.83. The van der Waals surface area contributed by atoms with Crippen molar-refractivity contribution in [3.8, 4) is 0 Å². The Hall–Kier alpha value is -1.35. The van der Waals surface area contributed by atoms with Gasteiger partial charge in [-0.25, -0.2) is 0 Å². The van der Waals surface area contributed by atoms with Crippen LogP contribution in [0, 0.1) is 0 Å². The third kappa shape index (κ3) is 2.15. The summed E-state index contributed by atoms with van der Waals surface area (Å²) in [5.74, 6) is 0.206. The Morgan fingerprint density at radius 2 is 1.78 bits per heavy atom. The molecule has 0 unspecified atom stereocenters. The summed E-state index contributed by atoms with van der Waals surface area (Å²) in [4.78, 5) is 16.7. The Bertz CT molecular complexity index is 462. The molecule has 3 nitrogen and oxygen atoms in total. The maximum atomic E-state index is 12.4. The highest BCUT2D eigenvalue weighted by Gasteiger charge is 2.21. The minimum Gasteiger partial charge on any atom is -0.336 e. The van der Waals surface area contributed by atoms with E-state index in [-0.39, 0.29) is 5.91 Å². The van der Waals surface area contributed by atoms with E-state index in [1.807, 2.05) is 11.0 Å². The number of hydrogen-bond donors (Lipinski definition) is 0. The zero-order chi connectivity index (χ0) is 12.5. The third-order valence-electron chi connectivity index (χ3n) is 4.14. The van der Waals surface area contributed by atoms with Crippen LogP contribution in [0.2, 0.25) is 0 Å². The number of aryl methyl sites for hydroxylation is 2. The largest absolute Gasteiger partial charge is 0.336 e. The Morgan fingerprint density at radius 1 is 1.06 bits per heavy atom. The number of rotatable bonds is 1. The van der Waals surface area contributed by atoms with E-state index in [0.717, 1.165) is 38.2 Å². The van der Waals surface area contributed by atoms with Gasteiger partial charge in [-0.05, 0) is 49.6 Å². The molecule has 3 heteroatoms. The maximum Gasteiger partial charge on any atom is 0.253 e. The lowest BCUT2D eigenvalue weighted by Gasteiger charge is -2.32. The molecule has 1 aromatic carbocycles. The smallest absolute Gasteiger partial charge is 0.253 e. The molecule has 1 heterocycles. The molecule has 0 N–H and O–H groups in total. The zero-order valence-corrected chi connectivity index (χ0v) is 11.0. The summed E-state index contributed by atoms with van der Waals surface area (Å²) in [6.45, 7) is 3.67. The summed E-state index contributed by atoms with van der Waals surface area (Å²) in [6, 6.07) is 6.26. The van der Waals surface area contributed by atoms with Crippen molar-refractivity contribution in [1.29, 1.82) is 0 Å². The minimum absolute atomic E-state index is 0.206. The fourth-order valence-corrected chi connectivity index (χ4v) is 2.90. The Kier molecular flexibility index (Phi) is 3.08. The van der Waals surface area contributed by atoms with Crippen LogP contribution in [0.4, 0.5) is 0 Å². The molecule has 3 rings (SSSR count). The normalized spacial score (nSPS) is 19.9. The van der Waals surface area contributed by atoms with Crippen molar-refractivity contribution in [2.24, 2.45) is 0 Å². The van der Waals surface area contributed by atoms with Crippen molar-refractivity contribution in [3.63, 3.8) is 0 Å². The molecular formula is C15H20N2O. The van der Waals surface area contributed by atoms with Crippen LogP contribution in [0.15, 0.2) is 18.2 Å². The van der Waals surface area contributed by atoms with Crippen LogP contribution in [-0.4, -0.2) is 48.9 Å². The minimum atomic E-state index is 0.206. The standard InChI is InChI=1S/C15H20N2O/c1-16-7-9-17(10-8-16)15(18)14-6-5-12-3-2-4-13(12)11-14/h5-6,11H,2-4,7-10H2,1H3. The molecule has 0 saturated carbocycles. The van der Waals surface area contributed by atoms with Crippen molar-refractivity contribution in [1.82, 2.24) is 9.80 Å². The monoisotopic (exact) mass is 244 g/mol. The molecule has 1 fully saturated rings. The van der Waals surface area contributed by atoms with Crippen molar-refractivity contribution in [2.45, 2.75) is 19.3 Å². The van der Waals surface area contributed by atoms with Gasteiger partial charge in [0.2, 0.25) is 0 Å². The third-order valence-corrected chi connectivity index (χ3v) is 4.14. The van der Waals surface area contributed by atoms with E-state index >= 15 is 0 Å². The number of amides is 1. The van der Waals surface area contributed by atoms with Gasteiger partial charge < -0.3 is 9.80 Å². The molecule has 2 aliphatic rings. The van der Waals surface area contributed by atoms with Gasteiger partial charge in [-0.1, -0.05) is 6.07 Å². The van der Waals surface area contributed by atoms with Gasteiger partial charge in [-0.15, -0.1) is 0 Å². The summed E-state index contributed by atoms with van der Waals surface area (Å²) in [5, 5.41) is 0. The summed E-state index contributed by atoms with van der Waals surface area (Å²) in [5.41, 5.74) is 3.69. The molecule has 1 aromatic rings. The van der Waals surface area contributed by atoms with Crippen LogP contribution in [0.3, 0.4) is 0 Å². The molecule has 1 saturated heterocycles. The van der Waals surface area contributed by atoms with Crippen LogP contribution < -0.4 is 0 Å². The number of carbonyl (C=O) groups excluding carboxylic acids is 1. The number of nitrogens with zero attached hydrogens (tertiary/aromatic N) is 2. The van der Waals surface area contributed by atoms with Gasteiger partial charge in [-0.3, -0.25) is 4.79 Å². The van der Waals surface area contributed by atoms with Gasteiger partial charge >= 0.3 is 0 Å². The quantitative estimate of drug-likeness (QED) is 0.748. The van der Waals surface area contributed by atoms with Crippen LogP contribution >= 0.6 is 0 Å². The van der Waals surface area contributed by atoms with Gasteiger partial charge in [0, 0.05) is 31.7 Å². The molecule has 0 aromatic heterocycles. The lowest BCUT2D eigenvalue weighted by atomic mass is 10.1. The number of piperazine rings is 1. The molecule has 1 amide bonds. The fourth-order valence-electron chi connectivity index (χ4n) is 2.90. The van der Waals surface area contributed by atoms with Gasteiger partial charge in [-0.2, -0.15) is 0 Å². The average Bonchev–Trinajstić information content (AvgIpc) is 2.86. The number of hydrogen-bond acceptors (Lipinski definition) is 2. The number of fused-ring (bicyclic) bond motifs is 1. The lowest BCUT2D eigenvalue weighted by molar-refractivity contribution is 0.0664. The van der Waals surface area contributed by atoms with Crippen LogP contribution in [0.1, 0.15) is 27.9 Å². The SMILES string of the molecule is CN1CCN(C(=O)c2ccc3c(c2)CCC3)CC1. The molecule has 96 valence electrons. The fraction of sp³-hybridized carbons (Fsp3) is 0.533. The second-order valence-corrected chi connectivity index (χ2v) is 5.43. The van der Waals surface area contributed by atoms with Gasteiger partial charge in [0.1, 0.15) is 0 Å². The van der Waals surface area contributed by atoms with Crippen molar-refractivity contribution >= 4 is 5.91 Å². The predicted molar refractivity (Wildman–Crippen MR) is 71.9 cm³/mol. The highest BCUT2D eigenvalue weighted by molar-refractivity contribution is 5.94. The first-order valence-electron chi connectivity index (χ1n) is 6.83. The highest BCUT2D eigenvalue weighted by atomic mass is 16.2. The van der Waals surface area contributed by atoms with E-state index in [4.69, 9.17) is 0 Å². The Morgan fingerprint density at radius 3 is 2.56 bits per heavy atom. The summed E-state index contributed by atoms with van der Waals surface area (Å²) >= 11 is 0. The van der Waals surface area contributed by atoms with E-state index in [0.29, 0.717) is 0 Å². The number of carbonyl (C=O) groups is 1. The van der Waals surface area contributed by atoms with Crippen LogP contribution in [0.25, 0.3) is 0 Å². The molecule has 1 aliphatic carbocycles. The van der Waals surface area contributed by atoms with Gasteiger partial charge in [0.05, 0.1) is 0 Å². The van der Waals surface area contributed by atoms with E-state index in [1.54, 1.807) is 0 Å². The maximum absolute atomic E-state index is 12.4. The second-order valence-electron chi connectivity index (χ2n) is 5.43. The average molecular weight is 244 g/mol. The van der Waals surface area contributed by atoms with Crippen molar-refractivity contribution in [3.05, 3.63) is 34.9 Å². The molecule has 18 heavy (non-hydrogen) atoms. The molecular weight excluding hydrogens is 224 g/mol. The second kappa shape index (κ2) is 4.73. The highest BCUT2D eigenvalue weighted by Crippen LogP contribution is 2.23. The first kappa shape index (κ1) is 11.7. The van der Waals surface area contributed by atoms with E-state index < -0.39 is 0 Å². The van der Waals surface area contributed by atoms with Gasteiger partial charge in [0.25, 0.3) is 5.91 Å². The van der Waals surface area contributed by atoms with Crippen LogP contribution in [0.5, 0.6) is 0 Å². The van der Waals surface area contributed by atoms with Crippen molar-refractivity contribution < 1.29 is 4.79 Å². The van der Waals surface area contributed by atoms with Gasteiger partial charge in [0.15, 0.2) is 0 Å². The lowest BCUT2D eigenvalue weighted by Crippen LogP contribution is -2.47.